The lowest BCUT2D eigenvalue weighted by molar-refractivity contribution is 0.441. The van der Waals surface area contributed by atoms with Gasteiger partial charge in [-0.25, -0.2) is 0 Å². The highest BCUT2D eigenvalue weighted by Gasteiger charge is 2.30. The molecule has 17 heavy (non-hydrogen) atoms. The maximum atomic E-state index is 6.03. The molecule has 0 spiro atoms. The highest BCUT2D eigenvalue weighted by molar-refractivity contribution is 5.71. The van der Waals surface area contributed by atoms with E-state index in [4.69, 9.17) is 5.73 Å². The van der Waals surface area contributed by atoms with E-state index < -0.39 is 0 Å². The summed E-state index contributed by atoms with van der Waals surface area (Å²) in [6.07, 6.45) is 8.09. The standard InChI is InChI=1S/C13H16N4/c1-9(10-2-3-10)17-8-12(14)13(16-17)11-4-6-15-7-5-11/h4-10H,2-3,14H2,1H3. The summed E-state index contributed by atoms with van der Waals surface area (Å²) in [4.78, 5) is 4.01. The number of pyridine rings is 1. The van der Waals surface area contributed by atoms with Crippen LogP contribution >= 0.6 is 0 Å². The van der Waals surface area contributed by atoms with Gasteiger partial charge in [0.15, 0.2) is 0 Å². The predicted octanol–water partition coefficient (Wildman–Crippen LogP) is 2.50. The Kier molecular flexibility index (Phi) is 2.35. The third-order valence-electron chi connectivity index (χ3n) is 3.44. The summed E-state index contributed by atoms with van der Waals surface area (Å²) in [6, 6.07) is 4.32. The number of nitrogens with zero attached hydrogens (tertiary/aromatic N) is 3. The monoisotopic (exact) mass is 228 g/mol. The topological polar surface area (TPSA) is 56.7 Å². The molecule has 0 amide bonds. The van der Waals surface area contributed by atoms with Crippen LogP contribution in [0.1, 0.15) is 25.8 Å². The van der Waals surface area contributed by atoms with Gasteiger partial charge < -0.3 is 5.73 Å². The van der Waals surface area contributed by atoms with Crippen LogP contribution in [0.4, 0.5) is 5.69 Å². The Bertz CT molecular complexity index is 513. The molecule has 0 saturated heterocycles. The van der Waals surface area contributed by atoms with Gasteiger partial charge in [-0.15, -0.1) is 0 Å². The molecular weight excluding hydrogens is 212 g/mol. The quantitative estimate of drug-likeness (QED) is 0.878. The molecule has 4 heteroatoms. The minimum absolute atomic E-state index is 0.452. The molecule has 2 aromatic heterocycles. The van der Waals surface area contributed by atoms with Gasteiger partial charge in [0.1, 0.15) is 5.69 Å². The van der Waals surface area contributed by atoms with Crippen molar-refractivity contribution in [1.29, 1.82) is 0 Å². The zero-order valence-electron chi connectivity index (χ0n) is 9.87. The average Bonchev–Trinajstić information content (AvgIpc) is 3.13. The van der Waals surface area contributed by atoms with E-state index >= 15 is 0 Å². The second kappa shape index (κ2) is 3.87. The number of nitrogens with two attached hydrogens (primary N) is 1. The molecule has 0 aromatic carbocycles. The fraction of sp³-hybridized carbons (Fsp3) is 0.385. The van der Waals surface area contributed by atoms with E-state index in [0.29, 0.717) is 6.04 Å². The fourth-order valence-electron chi connectivity index (χ4n) is 2.14. The van der Waals surface area contributed by atoms with Crippen LogP contribution in [0.3, 0.4) is 0 Å². The number of aromatic nitrogens is 3. The maximum absolute atomic E-state index is 6.03. The van der Waals surface area contributed by atoms with Gasteiger partial charge in [0, 0.05) is 24.2 Å². The van der Waals surface area contributed by atoms with Crippen molar-refractivity contribution < 1.29 is 0 Å². The van der Waals surface area contributed by atoms with Gasteiger partial charge in [0.25, 0.3) is 0 Å². The molecule has 1 aliphatic rings. The Morgan fingerprint density at radius 3 is 2.71 bits per heavy atom. The molecule has 1 unspecified atom stereocenters. The second-order valence-corrected chi connectivity index (χ2v) is 4.73. The first-order valence-electron chi connectivity index (χ1n) is 6.00. The average molecular weight is 228 g/mol. The van der Waals surface area contributed by atoms with E-state index in [0.717, 1.165) is 22.9 Å². The van der Waals surface area contributed by atoms with E-state index in [2.05, 4.69) is 17.0 Å². The lowest BCUT2D eigenvalue weighted by Crippen LogP contribution is -2.07. The molecule has 0 aliphatic heterocycles. The SMILES string of the molecule is CC(C1CC1)n1cc(N)c(-c2ccncc2)n1. The van der Waals surface area contributed by atoms with Crippen molar-refractivity contribution in [2.75, 3.05) is 5.73 Å². The van der Waals surface area contributed by atoms with Crippen molar-refractivity contribution in [1.82, 2.24) is 14.8 Å². The van der Waals surface area contributed by atoms with Crippen molar-refractivity contribution >= 4 is 5.69 Å². The van der Waals surface area contributed by atoms with E-state index in [1.807, 2.05) is 23.0 Å². The zero-order valence-corrected chi connectivity index (χ0v) is 9.87. The van der Waals surface area contributed by atoms with Crippen molar-refractivity contribution in [3.8, 4) is 11.3 Å². The fourth-order valence-corrected chi connectivity index (χ4v) is 2.14. The molecule has 2 aromatic rings. The Balaban J connectivity index is 1.95. The zero-order chi connectivity index (χ0) is 11.8. The summed E-state index contributed by atoms with van der Waals surface area (Å²) in [7, 11) is 0. The first kappa shape index (κ1) is 10.3. The van der Waals surface area contributed by atoms with Gasteiger partial charge in [0.05, 0.1) is 11.7 Å². The molecule has 2 heterocycles. The summed E-state index contributed by atoms with van der Waals surface area (Å²) in [5.74, 6) is 0.777. The van der Waals surface area contributed by atoms with Gasteiger partial charge in [-0.2, -0.15) is 5.10 Å². The number of hydrogen-bond donors (Lipinski definition) is 1. The van der Waals surface area contributed by atoms with Gasteiger partial charge in [-0.3, -0.25) is 9.67 Å². The molecule has 1 aliphatic carbocycles. The first-order valence-corrected chi connectivity index (χ1v) is 6.00. The van der Waals surface area contributed by atoms with E-state index in [-0.39, 0.29) is 0 Å². The Hall–Kier alpha value is -1.84. The molecule has 4 nitrogen and oxygen atoms in total. The van der Waals surface area contributed by atoms with Gasteiger partial charge >= 0.3 is 0 Å². The van der Waals surface area contributed by atoms with E-state index in [1.54, 1.807) is 12.4 Å². The Morgan fingerprint density at radius 1 is 1.35 bits per heavy atom. The summed E-state index contributed by atoms with van der Waals surface area (Å²) in [5, 5.41) is 4.61. The van der Waals surface area contributed by atoms with Crippen LogP contribution in [0.5, 0.6) is 0 Å². The molecule has 88 valence electrons. The number of hydrogen-bond acceptors (Lipinski definition) is 3. The summed E-state index contributed by atoms with van der Waals surface area (Å²) < 4.78 is 2.00. The van der Waals surface area contributed by atoms with Gasteiger partial charge in [0.2, 0.25) is 0 Å². The van der Waals surface area contributed by atoms with Crippen molar-refractivity contribution in [3.05, 3.63) is 30.7 Å². The summed E-state index contributed by atoms with van der Waals surface area (Å²) in [5.41, 5.74) is 8.66. The van der Waals surface area contributed by atoms with Crippen molar-refractivity contribution in [2.45, 2.75) is 25.8 Å². The molecule has 0 radical (unpaired) electrons. The predicted molar refractivity (Wildman–Crippen MR) is 67.3 cm³/mol. The normalized spacial score (nSPS) is 17.0. The van der Waals surface area contributed by atoms with Crippen LogP contribution in [0.15, 0.2) is 30.7 Å². The first-order chi connectivity index (χ1) is 8.25. The molecular formula is C13H16N4. The Morgan fingerprint density at radius 2 is 2.06 bits per heavy atom. The lowest BCUT2D eigenvalue weighted by atomic mass is 10.2. The Labute approximate surface area is 100 Å². The van der Waals surface area contributed by atoms with Crippen LogP contribution in [0.2, 0.25) is 0 Å². The highest BCUT2D eigenvalue weighted by Crippen LogP contribution is 2.40. The number of nitrogen functional groups attached to an aromatic ring is 1. The highest BCUT2D eigenvalue weighted by atomic mass is 15.3. The van der Waals surface area contributed by atoms with Gasteiger partial charge in [-0.1, -0.05) is 0 Å². The van der Waals surface area contributed by atoms with E-state index in [1.165, 1.54) is 12.8 Å². The van der Waals surface area contributed by atoms with E-state index in [9.17, 15) is 0 Å². The van der Waals surface area contributed by atoms with Crippen molar-refractivity contribution in [3.63, 3.8) is 0 Å². The van der Waals surface area contributed by atoms with Crippen molar-refractivity contribution in [2.24, 2.45) is 5.92 Å². The van der Waals surface area contributed by atoms with Gasteiger partial charge in [-0.05, 0) is 37.8 Å². The maximum Gasteiger partial charge on any atom is 0.115 e. The smallest absolute Gasteiger partial charge is 0.115 e. The largest absolute Gasteiger partial charge is 0.396 e. The third-order valence-corrected chi connectivity index (χ3v) is 3.44. The third kappa shape index (κ3) is 1.90. The number of rotatable bonds is 3. The molecule has 0 bridgehead atoms. The molecule has 2 N–H and O–H groups in total. The molecule has 1 fully saturated rings. The van der Waals surface area contributed by atoms with Crippen LogP contribution in [-0.2, 0) is 0 Å². The molecule has 3 rings (SSSR count). The lowest BCUT2D eigenvalue weighted by Gasteiger charge is -2.09. The molecule has 1 saturated carbocycles. The van der Waals surface area contributed by atoms with Crippen LogP contribution in [0, 0.1) is 5.92 Å². The number of anilines is 1. The molecule has 1 atom stereocenters. The van der Waals surface area contributed by atoms with Crippen LogP contribution < -0.4 is 5.73 Å². The minimum Gasteiger partial charge on any atom is -0.396 e. The van der Waals surface area contributed by atoms with Crippen LogP contribution in [0.25, 0.3) is 11.3 Å². The van der Waals surface area contributed by atoms with Crippen LogP contribution in [-0.4, -0.2) is 14.8 Å². The summed E-state index contributed by atoms with van der Waals surface area (Å²) in [6.45, 7) is 2.21. The summed E-state index contributed by atoms with van der Waals surface area (Å²) >= 11 is 0. The second-order valence-electron chi connectivity index (χ2n) is 4.73. The minimum atomic E-state index is 0.452.